The van der Waals surface area contributed by atoms with Gasteiger partial charge in [0.25, 0.3) is 0 Å². The Balaban J connectivity index is 1.71. The van der Waals surface area contributed by atoms with Crippen molar-refractivity contribution in [1.82, 2.24) is 0 Å². The van der Waals surface area contributed by atoms with Crippen molar-refractivity contribution < 1.29 is 57.3 Å². The molecule has 0 aromatic rings. The number of methoxy groups -OCH3 is 1. The molecule has 0 bridgehead atoms. The zero-order valence-corrected chi connectivity index (χ0v) is 15.2. The average molecular weight is 422 g/mol. The molecule has 2 saturated heterocycles. The summed E-state index contributed by atoms with van der Waals surface area (Å²) < 4.78 is 81.6. The van der Waals surface area contributed by atoms with Crippen molar-refractivity contribution in [2.24, 2.45) is 0 Å². The van der Waals surface area contributed by atoms with E-state index in [0.29, 0.717) is 0 Å². The van der Waals surface area contributed by atoms with Gasteiger partial charge in [0.15, 0.2) is 6.10 Å². The zero-order chi connectivity index (χ0) is 19.2. The Labute approximate surface area is 150 Å². The monoisotopic (exact) mass is 422 g/mol. The van der Waals surface area contributed by atoms with E-state index in [2.05, 4.69) is 21.5 Å². The first kappa shape index (κ1) is 21.2. The van der Waals surface area contributed by atoms with E-state index in [-0.39, 0.29) is 39.6 Å². The molecule has 2 unspecified atom stereocenters. The van der Waals surface area contributed by atoms with Gasteiger partial charge in [0.1, 0.15) is 12.2 Å². The molecule has 152 valence electrons. The third-order valence-corrected chi connectivity index (χ3v) is 4.81. The molecule has 2 fully saturated rings. The molecule has 2 aliphatic rings. The van der Waals surface area contributed by atoms with Crippen LogP contribution in [0.5, 0.6) is 0 Å². The molecule has 0 saturated carbocycles. The molecule has 0 spiro atoms. The van der Waals surface area contributed by atoms with Gasteiger partial charge in [-0.2, -0.15) is 16.8 Å². The first-order valence-corrected chi connectivity index (χ1v) is 9.91. The molecule has 0 N–H and O–H groups in total. The molecule has 2 atom stereocenters. The molecule has 0 radical (unpaired) electrons. The van der Waals surface area contributed by atoms with Gasteiger partial charge in [-0.1, -0.05) is 0 Å². The van der Waals surface area contributed by atoms with Crippen molar-refractivity contribution in [3.05, 3.63) is 0 Å². The Morgan fingerprint density at radius 2 is 1.42 bits per heavy atom. The second-order valence-corrected chi connectivity index (χ2v) is 7.58. The van der Waals surface area contributed by atoms with Crippen LogP contribution in [0.3, 0.4) is 0 Å². The lowest BCUT2D eigenvalue weighted by atomic mass is 10.3. The summed E-state index contributed by atoms with van der Waals surface area (Å²) in [5.41, 5.74) is 0. The van der Waals surface area contributed by atoms with Gasteiger partial charge < -0.3 is 18.9 Å². The fourth-order valence-corrected chi connectivity index (χ4v) is 3.51. The number of hydrogen-bond donors (Lipinski definition) is 0. The molecule has 2 rings (SSSR count). The van der Waals surface area contributed by atoms with Crippen LogP contribution in [0.15, 0.2) is 0 Å². The smallest absolute Gasteiger partial charge is 0.438 e. The minimum absolute atomic E-state index is 0.127. The van der Waals surface area contributed by atoms with E-state index in [1.807, 2.05) is 0 Å². The van der Waals surface area contributed by atoms with E-state index in [9.17, 15) is 21.6 Å². The third kappa shape index (κ3) is 7.28. The third-order valence-electron chi connectivity index (χ3n) is 2.95. The molecule has 15 heteroatoms. The van der Waals surface area contributed by atoms with Crippen molar-refractivity contribution in [3.63, 3.8) is 0 Å². The summed E-state index contributed by atoms with van der Waals surface area (Å²) in [6.07, 6.45) is -3.50. The lowest BCUT2D eigenvalue weighted by Gasteiger charge is -2.18. The summed E-state index contributed by atoms with van der Waals surface area (Å²) >= 11 is 0. The maximum atomic E-state index is 11.2. The molecule has 0 aliphatic carbocycles. The van der Waals surface area contributed by atoms with E-state index in [1.165, 1.54) is 0 Å². The molecular weight excluding hydrogens is 404 g/mol. The Morgan fingerprint density at radius 1 is 0.962 bits per heavy atom. The Morgan fingerprint density at radius 3 is 1.77 bits per heavy atom. The van der Waals surface area contributed by atoms with Crippen molar-refractivity contribution in [2.75, 3.05) is 46.8 Å². The summed E-state index contributed by atoms with van der Waals surface area (Å²) in [6, 6.07) is 0. The van der Waals surface area contributed by atoms with E-state index >= 15 is 0 Å². The Hall–Kier alpha value is -1.07. The number of carbonyl (C=O) groups is 1. The average Bonchev–Trinajstić information content (AvgIpc) is 3.08. The predicted molar refractivity (Wildman–Crippen MR) is 78.4 cm³/mol. The highest BCUT2D eigenvalue weighted by molar-refractivity contribution is 7.82. The van der Waals surface area contributed by atoms with Crippen LogP contribution in [0.4, 0.5) is 4.79 Å². The molecule has 0 amide bonds. The molecule has 2 heterocycles. The standard InChI is InChI=1S/C11H18O13S2/c1-17-11(12)22-8(2-18-4-9-6-20-25(13,14)23-9)3-19-5-10-7-21-26(15,16)24-10/h8-10H,2-7H2,1H3. The minimum atomic E-state index is -3.99. The van der Waals surface area contributed by atoms with Gasteiger partial charge in [-0.15, -0.1) is 0 Å². The predicted octanol–water partition coefficient (Wildman–Crippen LogP) is -1.51. The van der Waals surface area contributed by atoms with Crippen LogP contribution in [0.2, 0.25) is 0 Å². The van der Waals surface area contributed by atoms with Gasteiger partial charge in [-0.25, -0.2) is 21.5 Å². The maximum Gasteiger partial charge on any atom is 0.508 e. The van der Waals surface area contributed by atoms with Gasteiger partial charge in [-0.05, 0) is 0 Å². The number of ether oxygens (including phenoxy) is 4. The highest BCUT2D eigenvalue weighted by Crippen LogP contribution is 2.14. The fraction of sp³-hybridized carbons (Fsp3) is 0.909. The van der Waals surface area contributed by atoms with Crippen molar-refractivity contribution >= 4 is 27.0 Å². The van der Waals surface area contributed by atoms with E-state index < -0.39 is 45.3 Å². The van der Waals surface area contributed by atoms with Gasteiger partial charge in [0.2, 0.25) is 0 Å². The molecule has 0 aromatic heterocycles. The van der Waals surface area contributed by atoms with Gasteiger partial charge in [0.05, 0.1) is 46.8 Å². The minimum Gasteiger partial charge on any atom is -0.438 e. The first-order valence-electron chi connectivity index (χ1n) is 7.24. The van der Waals surface area contributed by atoms with E-state index in [1.54, 1.807) is 0 Å². The second kappa shape index (κ2) is 9.23. The summed E-state index contributed by atoms with van der Waals surface area (Å²) in [4.78, 5) is 11.2. The van der Waals surface area contributed by atoms with Crippen molar-refractivity contribution in [1.29, 1.82) is 0 Å². The summed E-state index contributed by atoms with van der Waals surface area (Å²) in [6.45, 7) is -0.940. The summed E-state index contributed by atoms with van der Waals surface area (Å²) in [7, 11) is -6.86. The van der Waals surface area contributed by atoms with Crippen molar-refractivity contribution in [3.8, 4) is 0 Å². The molecular formula is C11H18O13S2. The van der Waals surface area contributed by atoms with Crippen LogP contribution in [-0.2, 0) is 56.5 Å². The number of carbonyl (C=O) groups excluding carboxylic acids is 1. The normalized spacial score (nSPS) is 27.9. The zero-order valence-electron chi connectivity index (χ0n) is 13.6. The van der Waals surface area contributed by atoms with Crippen LogP contribution in [-0.4, -0.2) is 88.1 Å². The largest absolute Gasteiger partial charge is 0.508 e. The molecule has 26 heavy (non-hydrogen) atoms. The van der Waals surface area contributed by atoms with Crippen LogP contribution in [0.25, 0.3) is 0 Å². The topological polar surface area (TPSA) is 159 Å². The SMILES string of the molecule is COC(=O)OC(COCC1COS(=O)(=O)O1)COCC1COS(=O)(=O)O1. The quantitative estimate of drug-likeness (QED) is 0.395. The Bertz CT molecular complexity index is 622. The van der Waals surface area contributed by atoms with Crippen LogP contribution < -0.4 is 0 Å². The molecule has 13 nitrogen and oxygen atoms in total. The highest BCUT2D eigenvalue weighted by Gasteiger charge is 2.31. The fourth-order valence-electron chi connectivity index (χ4n) is 1.88. The van der Waals surface area contributed by atoms with Crippen LogP contribution >= 0.6 is 0 Å². The number of rotatable bonds is 9. The highest BCUT2D eigenvalue weighted by atomic mass is 32.3. The lowest BCUT2D eigenvalue weighted by molar-refractivity contribution is -0.0628. The van der Waals surface area contributed by atoms with Gasteiger partial charge >= 0.3 is 27.0 Å². The van der Waals surface area contributed by atoms with Crippen LogP contribution in [0, 0.1) is 0 Å². The second-order valence-electron chi connectivity index (χ2n) is 5.09. The van der Waals surface area contributed by atoms with E-state index in [4.69, 9.17) is 14.2 Å². The molecule has 2 aliphatic heterocycles. The maximum absolute atomic E-state index is 11.2. The summed E-state index contributed by atoms with van der Waals surface area (Å²) in [5, 5.41) is 0. The number of hydrogen-bond acceptors (Lipinski definition) is 13. The van der Waals surface area contributed by atoms with Gasteiger partial charge in [0, 0.05) is 0 Å². The van der Waals surface area contributed by atoms with Crippen molar-refractivity contribution in [2.45, 2.75) is 18.3 Å². The molecule has 0 aromatic carbocycles. The Kier molecular flexibility index (Phi) is 7.53. The van der Waals surface area contributed by atoms with Gasteiger partial charge in [-0.3, -0.25) is 0 Å². The van der Waals surface area contributed by atoms with Crippen LogP contribution in [0.1, 0.15) is 0 Å². The first-order chi connectivity index (χ1) is 12.2. The van der Waals surface area contributed by atoms with E-state index in [0.717, 1.165) is 7.11 Å². The lowest BCUT2D eigenvalue weighted by Crippen LogP contribution is -2.32. The summed E-state index contributed by atoms with van der Waals surface area (Å²) in [5.74, 6) is 0.